The van der Waals surface area contributed by atoms with Gasteiger partial charge in [0.2, 0.25) is 5.91 Å². The Morgan fingerprint density at radius 3 is 2.21 bits per heavy atom. The molecule has 0 saturated carbocycles. The van der Waals surface area contributed by atoms with Gasteiger partial charge in [-0.05, 0) is 34.6 Å². The first-order chi connectivity index (χ1) is 6.23. The standard InChI is InChI=1S/C11H20N2O/c1-6-7-8-13-9(14)10(2,3)11(4,5)12/h8,12H2,1-5H3,(H,13,14). The molecule has 3 N–H and O–H groups in total. The van der Waals surface area contributed by atoms with Crippen molar-refractivity contribution in [2.45, 2.75) is 40.2 Å². The Bertz CT molecular complexity index is 263. The molecule has 3 heteroatoms. The van der Waals surface area contributed by atoms with Crippen LogP contribution in [0.15, 0.2) is 0 Å². The van der Waals surface area contributed by atoms with E-state index in [0.717, 1.165) is 0 Å². The fraction of sp³-hybridized carbons (Fsp3) is 0.727. The Morgan fingerprint density at radius 1 is 1.36 bits per heavy atom. The zero-order valence-electron chi connectivity index (χ0n) is 9.69. The van der Waals surface area contributed by atoms with Gasteiger partial charge in [-0.25, -0.2) is 0 Å². The van der Waals surface area contributed by atoms with E-state index in [4.69, 9.17) is 5.73 Å². The van der Waals surface area contributed by atoms with E-state index in [1.54, 1.807) is 6.92 Å². The minimum Gasteiger partial charge on any atom is -0.345 e. The number of rotatable bonds is 3. The van der Waals surface area contributed by atoms with Gasteiger partial charge in [-0.15, -0.1) is 5.92 Å². The summed E-state index contributed by atoms with van der Waals surface area (Å²) in [4.78, 5) is 11.7. The van der Waals surface area contributed by atoms with Crippen molar-refractivity contribution in [3.63, 3.8) is 0 Å². The predicted molar refractivity (Wildman–Crippen MR) is 58.5 cm³/mol. The number of nitrogens with two attached hydrogens (primary N) is 1. The number of hydrogen-bond donors (Lipinski definition) is 2. The fourth-order valence-electron chi connectivity index (χ4n) is 0.726. The Hall–Kier alpha value is -1.01. The lowest BCUT2D eigenvalue weighted by molar-refractivity contribution is -0.131. The maximum Gasteiger partial charge on any atom is 0.228 e. The van der Waals surface area contributed by atoms with Crippen LogP contribution in [0.3, 0.4) is 0 Å². The van der Waals surface area contributed by atoms with Crippen LogP contribution in [-0.4, -0.2) is 18.0 Å². The lowest BCUT2D eigenvalue weighted by Crippen LogP contribution is -2.55. The van der Waals surface area contributed by atoms with Crippen molar-refractivity contribution in [2.75, 3.05) is 6.54 Å². The van der Waals surface area contributed by atoms with E-state index in [1.165, 1.54) is 0 Å². The van der Waals surface area contributed by atoms with Gasteiger partial charge in [-0.3, -0.25) is 4.79 Å². The van der Waals surface area contributed by atoms with Crippen LogP contribution >= 0.6 is 0 Å². The first-order valence-corrected chi connectivity index (χ1v) is 4.70. The summed E-state index contributed by atoms with van der Waals surface area (Å²) in [5.41, 5.74) is 4.78. The van der Waals surface area contributed by atoms with Crippen LogP contribution < -0.4 is 11.1 Å². The van der Waals surface area contributed by atoms with E-state index in [9.17, 15) is 4.79 Å². The molecule has 0 aliphatic carbocycles. The molecular formula is C11H20N2O. The van der Waals surface area contributed by atoms with Gasteiger partial charge in [-0.2, -0.15) is 0 Å². The van der Waals surface area contributed by atoms with Gasteiger partial charge < -0.3 is 11.1 Å². The lowest BCUT2D eigenvalue weighted by atomic mass is 9.74. The molecule has 0 aliphatic rings. The average molecular weight is 196 g/mol. The molecule has 0 aromatic carbocycles. The highest BCUT2D eigenvalue weighted by molar-refractivity contribution is 5.83. The smallest absolute Gasteiger partial charge is 0.228 e. The summed E-state index contributed by atoms with van der Waals surface area (Å²) in [6.45, 7) is 9.48. The topological polar surface area (TPSA) is 55.1 Å². The van der Waals surface area contributed by atoms with Gasteiger partial charge in [0.15, 0.2) is 0 Å². The van der Waals surface area contributed by atoms with Crippen LogP contribution in [0.2, 0.25) is 0 Å². The SMILES string of the molecule is CC#CCNC(=O)C(C)(C)C(C)(C)N. The van der Waals surface area contributed by atoms with Crippen molar-refractivity contribution in [1.29, 1.82) is 0 Å². The number of amides is 1. The zero-order chi connectivity index (χ0) is 11.4. The largest absolute Gasteiger partial charge is 0.345 e. The first kappa shape index (κ1) is 13.0. The second-order valence-electron chi connectivity index (χ2n) is 4.46. The lowest BCUT2D eigenvalue weighted by Gasteiger charge is -2.36. The summed E-state index contributed by atoms with van der Waals surface area (Å²) in [5, 5.41) is 2.74. The van der Waals surface area contributed by atoms with Gasteiger partial charge in [0, 0.05) is 5.54 Å². The Morgan fingerprint density at radius 2 is 1.86 bits per heavy atom. The molecule has 0 heterocycles. The molecule has 0 rings (SSSR count). The summed E-state index contributed by atoms with van der Waals surface area (Å²) in [5.74, 6) is 5.43. The normalized spacial score (nSPS) is 11.6. The van der Waals surface area contributed by atoms with Crippen molar-refractivity contribution in [2.24, 2.45) is 11.1 Å². The molecule has 0 saturated heterocycles. The van der Waals surface area contributed by atoms with Gasteiger partial charge in [0.1, 0.15) is 0 Å². The highest BCUT2D eigenvalue weighted by Gasteiger charge is 2.39. The van der Waals surface area contributed by atoms with Gasteiger partial charge in [0.05, 0.1) is 12.0 Å². The van der Waals surface area contributed by atoms with Crippen LogP contribution in [-0.2, 0) is 4.79 Å². The molecule has 0 aromatic rings. The second kappa shape index (κ2) is 4.47. The monoisotopic (exact) mass is 196 g/mol. The van der Waals surface area contributed by atoms with Crippen molar-refractivity contribution in [1.82, 2.24) is 5.32 Å². The average Bonchev–Trinajstić information content (AvgIpc) is 2.02. The summed E-state index contributed by atoms with van der Waals surface area (Å²) in [7, 11) is 0. The number of carbonyl (C=O) groups is 1. The number of nitrogens with one attached hydrogen (secondary N) is 1. The maximum atomic E-state index is 11.7. The van der Waals surface area contributed by atoms with Gasteiger partial charge >= 0.3 is 0 Å². The van der Waals surface area contributed by atoms with Crippen LogP contribution in [0.5, 0.6) is 0 Å². The molecule has 14 heavy (non-hydrogen) atoms. The Balaban J connectivity index is 4.42. The molecule has 0 unspecified atom stereocenters. The molecule has 0 spiro atoms. The quantitative estimate of drug-likeness (QED) is 0.659. The van der Waals surface area contributed by atoms with Crippen LogP contribution in [0.4, 0.5) is 0 Å². The molecule has 0 aromatic heterocycles. The molecule has 0 fully saturated rings. The molecule has 0 radical (unpaired) electrons. The summed E-state index contributed by atoms with van der Waals surface area (Å²) in [6.07, 6.45) is 0. The summed E-state index contributed by atoms with van der Waals surface area (Å²) in [6, 6.07) is 0. The van der Waals surface area contributed by atoms with Crippen LogP contribution in [0, 0.1) is 17.3 Å². The van der Waals surface area contributed by atoms with E-state index in [-0.39, 0.29) is 5.91 Å². The van der Waals surface area contributed by atoms with E-state index < -0.39 is 11.0 Å². The van der Waals surface area contributed by atoms with E-state index in [0.29, 0.717) is 6.54 Å². The molecule has 1 amide bonds. The van der Waals surface area contributed by atoms with Crippen molar-refractivity contribution in [3.8, 4) is 11.8 Å². The van der Waals surface area contributed by atoms with E-state index >= 15 is 0 Å². The second-order valence-corrected chi connectivity index (χ2v) is 4.46. The molecule has 0 aliphatic heterocycles. The minimum atomic E-state index is -0.595. The van der Waals surface area contributed by atoms with Crippen LogP contribution in [0.1, 0.15) is 34.6 Å². The predicted octanol–water partition coefficient (Wildman–Crippen LogP) is 0.889. The van der Waals surface area contributed by atoms with Crippen molar-refractivity contribution in [3.05, 3.63) is 0 Å². The number of carbonyl (C=O) groups excluding carboxylic acids is 1. The summed E-state index contributed by atoms with van der Waals surface area (Å²) < 4.78 is 0. The third kappa shape index (κ3) is 3.04. The maximum absolute atomic E-state index is 11.7. The van der Waals surface area contributed by atoms with Crippen molar-refractivity contribution >= 4 is 5.91 Å². The third-order valence-electron chi connectivity index (χ3n) is 2.69. The van der Waals surface area contributed by atoms with E-state index in [2.05, 4.69) is 17.2 Å². The molecule has 0 bridgehead atoms. The zero-order valence-corrected chi connectivity index (χ0v) is 9.69. The van der Waals surface area contributed by atoms with Gasteiger partial charge in [0.25, 0.3) is 0 Å². The van der Waals surface area contributed by atoms with Crippen molar-refractivity contribution < 1.29 is 4.79 Å². The van der Waals surface area contributed by atoms with Gasteiger partial charge in [-0.1, -0.05) is 5.92 Å². The Kier molecular flexibility index (Phi) is 4.15. The highest BCUT2D eigenvalue weighted by atomic mass is 16.2. The minimum absolute atomic E-state index is 0.0623. The molecular weight excluding hydrogens is 176 g/mol. The molecule has 80 valence electrons. The fourth-order valence-corrected chi connectivity index (χ4v) is 0.726. The number of hydrogen-bond acceptors (Lipinski definition) is 2. The highest BCUT2D eigenvalue weighted by Crippen LogP contribution is 2.27. The third-order valence-corrected chi connectivity index (χ3v) is 2.69. The first-order valence-electron chi connectivity index (χ1n) is 4.70. The molecule has 0 atom stereocenters. The molecule has 3 nitrogen and oxygen atoms in total. The Labute approximate surface area is 86.4 Å². The van der Waals surface area contributed by atoms with Crippen LogP contribution in [0.25, 0.3) is 0 Å². The van der Waals surface area contributed by atoms with E-state index in [1.807, 2.05) is 27.7 Å². The summed E-state index contributed by atoms with van der Waals surface area (Å²) >= 11 is 0.